The number of rotatable bonds is 6. The summed E-state index contributed by atoms with van der Waals surface area (Å²) in [6.45, 7) is 0. The number of halogens is 1. The van der Waals surface area contributed by atoms with Crippen LogP contribution in [0.15, 0.2) is 79.3 Å². The lowest BCUT2D eigenvalue weighted by atomic mass is 10.0. The molecule has 150 valence electrons. The fourth-order valence-corrected chi connectivity index (χ4v) is 3.50. The number of aromatic nitrogens is 2. The fourth-order valence-electron chi connectivity index (χ4n) is 3.28. The smallest absolute Gasteiger partial charge is 0.253 e. The molecule has 2 aromatic carbocycles. The molecule has 2 aromatic heterocycles. The van der Waals surface area contributed by atoms with E-state index in [4.69, 9.17) is 11.6 Å². The molecule has 2 heterocycles. The quantitative estimate of drug-likeness (QED) is 0.438. The molecule has 0 spiro atoms. The number of hydrogen-bond acceptors (Lipinski definition) is 3. The predicted molar refractivity (Wildman–Crippen MR) is 118 cm³/mol. The van der Waals surface area contributed by atoms with Crippen LogP contribution in [0, 0.1) is 0 Å². The van der Waals surface area contributed by atoms with Gasteiger partial charge in [-0.05, 0) is 35.9 Å². The number of benzene rings is 2. The second-order valence-corrected chi connectivity index (χ2v) is 7.20. The first-order chi connectivity index (χ1) is 14.6. The number of nitrogens with one attached hydrogen (secondary N) is 3. The molecule has 0 aliphatic carbocycles. The summed E-state index contributed by atoms with van der Waals surface area (Å²) >= 11 is 6.16. The van der Waals surface area contributed by atoms with Gasteiger partial charge in [0, 0.05) is 41.6 Å². The number of amides is 2. The molecule has 4 rings (SSSR count). The summed E-state index contributed by atoms with van der Waals surface area (Å²) in [6.07, 6.45) is 5.36. The number of H-pyrrole nitrogens is 1. The largest absolute Gasteiger partial charge is 0.361 e. The highest BCUT2D eigenvalue weighted by molar-refractivity contribution is 6.33. The summed E-state index contributed by atoms with van der Waals surface area (Å²) in [5.41, 5.74) is 2.82. The highest BCUT2D eigenvalue weighted by Gasteiger charge is 2.24. The molecule has 7 heteroatoms. The first-order valence-corrected chi connectivity index (χ1v) is 9.81. The molecule has 0 fully saturated rings. The van der Waals surface area contributed by atoms with Crippen molar-refractivity contribution in [3.8, 4) is 0 Å². The zero-order chi connectivity index (χ0) is 20.9. The Balaban J connectivity index is 1.61. The Kier molecular flexibility index (Phi) is 5.77. The van der Waals surface area contributed by atoms with Gasteiger partial charge in [-0.2, -0.15) is 0 Å². The molecule has 0 saturated carbocycles. The number of para-hydroxylation sites is 1. The number of carbonyl (C=O) groups excluding carboxylic acids is 2. The molecular formula is C23H19ClN4O2. The minimum absolute atomic E-state index is 0.317. The van der Waals surface area contributed by atoms with Gasteiger partial charge in [0.1, 0.15) is 6.04 Å². The van der Waals surface area contributed by atoms with Crippen LogP contribution in [0.5, 0.6) is 0 Å². The Hall–Kier alpha value is -3.64. The zero-order valence-electron chi connectivity index (χ0n) is 15.9. The van der Waals surface area contributed by atoms with Crippen molar-refractivity contribution >= 4 is 40.0 Å². The maximum atomic E-state index is 13.0. The van der Waals surface area contributed by atoms with Crippen molar-refractivity contribution in [1.29, 1.82) is 0 Å². The monoisotopic (exact) mass is 418 g/mol. The third-order valence-electron chi connectivity index (χ3n) is 4.79. The van der Waals surface area contributed by atoms with Gasteiger partial charge >= 0.3 is 0 Å². The van der Waals surface area contributed by atoms with Gasteiger partial charge < -0.3 is 15.6 Å². The number of fused-ring (bicyclic) bond motifs is 1. The van der Waals surface area contributed by atoms with Crippen molar-refractivity contribution in [2.75, 3.05) is 5.32 Å². The molecule has 0 bridgehead atoms. The van der Waals surface area contributed by atoms with Crippen LogP contribution in [0.2, 0.25) is 5.02 Å². The normalized spacial score (nSPS) is 11.8. The molecule has 0 aliphatic heterocycles. The zero-order valence-corrected chi connectivity index (χ0v) is 16.7. The van der Waals surface area contributed by atoms with E-state index in [1.807, 2.05) is 30.5 Å². The van der Waals surface area contributed by atoms with E-state index in [0.29, 0.717) is 22.7 Å². The lowest BCUT2D eigenvalue weighted by molar-refractivity contribution is -0.118. The molecule has 3 N–H and O–H groups in total. The summed E-state index contributed by atoms with van der Waals surface area (Å²) in [4.78, 5) is 33.0. The van der Waals surface area contributed by atoms with Gasteiger partial charge in [0.2, 0.25) is 5.91 Å². The standard InChI is InChI=1S/C23H19ClN4O2/c24-19-7-3-1-6-18(19)22(29)28-21(23(30)27-16-9-11-25-12-10-16)13-15-14-26-20-8-4-2-5-17(15)20/h1-12,14,21,26H,13H2,(H,28,29)(H,25,27,30)/t21-/m0/s1. The predicted octanol–water partition coefficient (Wildman–Crippen LogP) is 4.20. The Bertz CT molecular complexity index is 1190. The van der Waals surface area contributed by atoms with E-state index < -0.39 is 11.9 Å². The lowest BCUT2D eigenvalue weighted by Crippen LogP contribution is -2.45. The number of hydrogen-bond donors (Lipinski definition) is 3. The number of carbonyl (C=O) groups is 2. The van der Waals surface area contributed by atoms with Crippen molar-refractivity contribution in [2.24, 2.45) is 0 Å². The van der Waals surface area contributed by atoms with Gasteiger partial charge in [-0.3, -0.25) is 14.6 Å². The van der Waals surface area contributed by atoms with E-state index in [0.717, 1.165) is 16.5 Å². The Morgan fingerprint density at radius 1 is 1.00 bits per heavy atom. The first-order valence-electron chi connectivity index (χ1n) is 9.43. The second kappa shape index (κ2) is 8.80. The van der Waals surface area contributed by atoms with Crippen molar-refractivity contribution in [3.05, 3.63) is 95.4 Å². The Labute approximate surface area is 178 Å². The van der Waals surface area contributed by atoms with E-state index in [2.05, 4.69) is 20.6 Å². The first kappa shape index (κ1) is 19.7. The molecule has 0 unspecified atom stereocenters. The Morgan fingerprint density at radius 3 is 2.53 bits per heavy atom. The van der Waals surface area contributed by atoms with Gasteiger partial charge in [-0.25, -0.2) is 0 Å². The van der Waals surface area contributed by atoms with E-state index in [9.17, 15) is 9.59 Å². The van der Waals surface area contributed by atoms with Gasteiger partial charge in [-0.1, -0.05) is 41.9 Å². The molecule has 0 radical (unpaired) electrons. The highest BCUT2D eigenvalue weighted by Crippen LogP contribution is 2.20. The topological polar surface area (TPSA) is 86.9 Å². The van der Waals surface area contributed by atoms with Crippen LogP contribution in [0.25, 0.3) is 10.9 Å². The summed E-state index contributed by atoms with van der Waals surface area (Å²) in [7, 11) is 0. The minimum Gasteiger partial charge on any atom is -0.361 e. The lowest BCUT2D eigenvalue weighted by Gasteiger charge is -2.19. The van der Waals surface area contributed by atoms with E-state index in [-0.39, 0.29) is 5.91 Å². The summed E-state index contributed by atoms with van der Waals surface area (Å²) in [5, 5.41) is 7.00. The van der Waals surface area contributed by atoms with Gasteiger partial charge in [0.15, 0.2) is 0 Å². The second-order valence-electron chi connectivity index (χ2n) is 6.79. The van der Waals surface area contributed by atoms with Crippen LogP contribution in [-0.2, 0) is 11.2 Å². The van der Waals surface area contributed by atoms with Crippen LogP contribution in [-0.4, -0.2) is 27.8 Å². The number of nitrogens with zero attached hydrogens (tertiary/aromatic N) is 1. The third kappa shape index (κ3) is 4.34. The molecule has 1 atom stereocenters. The summed E-state index contributed by atoms with van der Waals surface area (Å²) < 4.78 is 0. The average Bonchev–Trinajstić information content (AvgIpc) is 3.17. The van der Waals surface area contributed by atoms with Crippen molar-refractivity contribution in [3.63, 3.8) is 0 Å². The van der Waals surface area contributed by atoms with Crippen LogP contribution in [0.3, 0.4) is 0 Å². The van der Waals surface area contributed by atoms with Gasteiger partial charge in [-0.15, -0.1) is 0 Å². The maximum absolute atomic E-state index is 13.0. The third-order valence-corrected chi connectivity index (χ3v) is 5.12. The molecular weight excluding hydrogens is 400 g/mol. The van der Waals surface area contributed by atoms with Gasteiger partial charge in [0.25, 0.3) is 5.91 Å². The summed E-state index contributed by atoms with van der Waals surface area (Å²) in [5.74, 6) is -0.734. The van der Waals surface area contributed by atoms with Crippen molar-refractivity contribution < 1.29 is 9.59 Å². The molecule has 0 saturated heterocycles. The molecule has 4 aromatic rings. The summed E-state index contributed by atoms with van der Waals surface area (Å²) in [6, 6.07) is 17.1. The van der Waals surface area contributed by atoms with Crippen LogP contribution < -0.4 is 10.6 Å². The maximum Gasteiger partial charge on any atom is 0.253 e. The SMILES string of the molecule is O=C(N[C@@H](Cc1c[nH]c2ccccc12)C(=O)Nc1ccncc1)c1ccccc1Cl. The highest BCUT2D eigenvalue weighted by atomic mass is 35.5. The molecule has 2 amide bonds. The average molecular weight is 419 g/mol. The van der Waals surface area contributed by atoms with E-state index >= 15 is 0 Å². The molecule has 0 aliphatic rings. The van der Waals surface area contributed by atoms with Crippen molar-refractivity contribution in [1.82, 2.24) is 15.3 Å². The van der Waals surface area contributed by atoms with Crippen LogP contribution >= 0.6 is 11.6 Å². The molecule has 6 nitrogen and oxygen atoms in total. The van der Waals surface area contributed by atoms with Crippen LogP contribution in [0.4, 0.5) is 5.69 Å². The van der Waals surface area contributed by atoms with Crippen molar-refractivity contribution in [2.45, 2.75) is 12.5 Å². The van der Waals surface area contributed by atoms with E-state index in [1.165, 1.54) is 0 Å². The number of aromatic amines is 1. The Morgan fingerprint density at radius 2 is 1.73 bits per heavy atom. The fraction of sp³-hybridized carbons (Fsp3) is 0.0870. The minimum atomic E-state index is -0.804. The van der Waals surface area contributed by atoms with Gasteiger partial charge in [0.05, 0.1) is 10.6 Å². The van der Waals surface area contributed by atoms with Crippen LogP contribution in [0.1, 0.15) is 15.9 Å². The van der Waals surface area contributed by atoms with E-state index in [1.54, 1.807) is 48.8 Å². The number of anilines is 1. The molecule has 30 heavy (non-hydrogen) atoms. The number of pyridine rings is 1.